The molecule has 4 rings (SSSR count). The minimum atomic E-state index is -0.844. The first-order chi connectivity index (χ1) is 16.5. The fourth-order valence-corrected chi connectivity index (χ4v) is 3.98. The first kappa shape index (κ1) is 23.7. The molecule has 1 aliphatic rings. The van der Waals surface area contributed by atoms with Gasteiger partial charge in [-0.2, -0.15) is 0 Å². The second kappa shape index (κ2) is 10.6. The molecule has 7 nitrogen and oxygen atoms in total. The van der Waals surface area contributed by atoms with Gasteiger partial charge in [0.2, 0.25) is 5.95 Å². The average molecular weight is 471 g/mol. The summed E-state index contributed by atoms with van der Waals surface area (Å²) in [6.45, 7) is 1.87. The molecule has 1 aliphatic heterocycles. The number of methoxy groups -OCH3 is 2. The second-order valence-electron chi connectivity index (χ2n) is 8.24. The highest BCUT2D eigenvalue weighted by Gasteiger charge is 2.21. The third-order valence-electron chi connectivity index (χ3n) is 6.03. The van der Waals surface area contributed by atoms with Crippen molar-refractivity contribution in [2.75, 3.05) is 39.7 Å². The summed E-state index contributed by atoms with van der Waals surface area (Å²) in [5.41, 5.74) is 1.91. The molecule has 0 amide bonds. The van der Waals surface area contributed by atoms with E-state index in [-0.39, 0.29) is 29.4 Å². The molecule has 1 N–H and O–H groups in total. The summed E-state index contributed by atoms with van der Waals surface area (Å²) in [5.74, 6) is -0.697. The van der Waals surface area contributed by atoms with Crippen LogP contribution in [0.5, 0.6) is 17.2 Å². The number of piperidine rings is 1. The highest BCUT2D eigenvalue weighted by molar-refractivity contribution is 5.54. The van der Waals surface area contributed by atoms with Gasteiger partial charge in [-0.05, 0) is 56.6 Å². The standard InChI is InChI=1S/C25H28F2N4O3/c1-31-10-8-17(9-11-31)16-4-6-18(7-5-16)30-25-28-13-19(14-29-25)34-15-20-23(26)21(32-2)12-22(33-3)24(20)27/h4-7,12-14,17H,8-11,15H2,1-3H3,(H,28,29,30). The normalized spacial score (nSPS) is 14.6. The van der Waals surface area contributed by atoms with Crippen LogP contribution in [0.25, 0.3) is 0 Å². The van der Waals surface area contributed by atoms with Crippen LogP contribution >= 0.6 is 0 Å². The molecule has 0 bridgehead atoms. The number of hydrogen-bond acceptors (Lipinski definition) is 7. The molecule has 0 unspecified atom stereocenters. The van der Waals surface area contributed by atoms with Crippen molar-refractivity contribution in [3.63, 3.8) is 0 Å². The number of rotatable bonds is 8. The summed E-state index contributed by atoms with van der Waals surface area (Å²) < 4.78 is 44.3. The molecule has 3 aromatic rings. The van der Waals surface area contributed by atoms with Crippen molar-refractivity contribution < 1.29 is 23.0 Å². The Kier molecular flexibility index (Phi) is 7.42. The molecule has 0 saturated carbocycles. The lowest BCUT2D eigenvalue weighted by molar-refractivity contribution is 0.255. The minimum absolute atomic E-state index is 0.130. The van der Waals surface area contributed by atoms with Crippen LogP contribution in [-0.4, -0.2) is 49.2 Å². The Balaban J connectivity index is 1.37. The summed E-state index contributed by atoms with van der Waals surface area (Å²) in [5, 5.41) is 3.15. The van der Waals surface area contributed by atoms with Crippen molar-refractivity contribution in [1.29, 1.82) is 0 Å². The number of ether oxygens (including phenoxy) is 3. The molecule has 1 aromatic heterocycles. The number of nitrogens with zero attached hydrogens (tertiary/aromatic N) is 3. The third-order valence-corrected chi connectivity index (χ3v) is 6.03. The van der Waals surface area contributed by atoms with Gasteiger partial charge in [-0.25, -0.2) is 18.7 Å². The molecule has 2 heterocycles. The van der Waals surface area contributed by atoms with Gasteiger partial charge in [0, 0.05) is 11.8 Å². The number of benzene rings is 2. The number of nitrogens with one attached hydrogen (secondary N) is 1. The lowest BCUT2D eigenvalue weighted by Crippen LogP contribution is -2.29. The van der Waals surface area contributed by atoms with Crippen LogP contribution in [0, 0.1) is 11.6 Å². The third kappa shape index (κ3) is 5.36. The van der Waals surface area contributed by atoms with Crippen molar-refractivity contribution in [3.05, 3.63) is 65.5 Å². The largest absolute Gasteiger partial charge is 0.494 e. The Hall–Kier alpha value is -3.46. The highest BCUT2D eigenvalue weighted by Crippen LogP contribution is 2.32. The van der Waals surface area contributed by atoms with E-state index in [1.165, 1.54) is 45.0 Å². The zero-order valence-corrected chi connectivity index (χ0v) is 19.5. The molecule has 0 radical (unpaired) electrons. The van der Waals surface area contributed by atoms with Crippen LogP contribution in [0.3, 0.4) is 0 Å². The summed E-state index contributed by atoms with van der Waals surface area (Å²) in [4.78, 5) is 10.8. The first-order valence-electron chi connectivity index (χ1n) is 11.1. The smallest absolute Gasteiger partial charge is 0.227 e. The fraction of sp³-hybridized carbons (Fsp3) is 0.360. The Morgan fingerprint density at radius 1 is 0.971 bits per heavy atom. The zero-order valence-electron chi connectivity index (χ0n) is 19.5. The molecular weight excluding hydrogens is 442 g/mol. The maximum atomic E-state index is 14.5. The van der Waals surface area contributed by atoms with Crippen LogP contribution in [0.2, 0.25) is 0 Å². The number of aromatic nitrogens is 2. The van der Waals surface area contributed by atoms with E-state index in [0.717, 1.165) is 24.8 Å². The van der Waals surface area contributed by atoms with E-state index in [0.29, 0.717) is 11.9 Å². The Labute approximate surface area is 197 Å². The Bertz CT molecular complexity index is 1070. The first-order valence-corrected chi connectivity index (χ1v) is 11.1. The van der Waals surface area contributed by atoms with Gasteiger partial charge in [0.05, 0.1) is 32.2 Å². The average Bonchev–Trinajstić information content (AvgIpc) is 2.86. The monoisotopic (exact) mass is 470 g/mol. The van der Waals surface area contributed by atoms with Crippen molar-refractivity contribution in [2.24, 2.45) is 0 Å². The van der Waals surface area contributed by atoms with Crippen LogP contribution in [-0.2, 0) is 6.61 Å². The molecule has 180 valence electrons. The Morgan fingerprint density at radius 2 is 1.56 bits per heavy atom. The van der Waals surface area contributed by atoms with Crippen LogP contribution < -0.4 is 19.5 Å². The minimum Gasteiger partial charge on any atom is -0.494 e. The van der Waals surface area contributed by atoms with E-state index in [2.05, 4.69) is 39.4 Å². The molecule has 9 heteroatoms. The topological polar surface area (TPSA) is 68.7 Å². The second-order valence-corrected chi connectivity index (χ2v) is 8.24. The molecule has 2 aromatic carbocycles. The van der Waals surface area contributed by atoms with Crippen molar-refractivity contribution in [3.8, 4) is 17.2 Å². The van der Waals surface area contributed by atoms with Gasteiger partial charge >= 0.3 is 0 Å². The molecule has 34 heavy (non-hydrogen) atoms. The van der Waals surface area contributed by atoms with Gasteiger partial charge in [0.1, 0.15) is 6.61 Å². The lowest BCUT2D eigenvalue weighted by atomic mass is 9.89. The van der Waals surface area contributed by atoms with Gasteiger partial charge in [0.15, 0.2) is 28.9 Å². The molecule has 0 spiro atoms. The van der Waals surface area contributed by atoms with E-state index in [9.17, 15) is 8.78 Å². The van der Waals surface area contributed by atoms with Crippen molar-refractivity contribution >= 4 is 11.6 Å². The maximum Gasteiger partial charge on any atom is 0.227 e. The number of anilines is 2. The summed E-state index contributed by atoms with van der Waals surface area (Å²) >= 11 is 0. The SMILES string of the molecule is COc1cc(OC)c(F)c(COc2cnc(Nc3ccc(C4CCN(C)CC4)cc3)nc2)c1F. The van der Waals surface area contributed by atoms with E-state index in [4.69, 9.17) is 14.2 Å². The van der Waals surface area contributed by atoms with Crippen LogP contribution in [0.1, 0.15) is 29.9 Å². The number of likely N-dealkylation sites (tertiary alicyclic amines) is 1. The predicted octanol–water partition coefficient (Wildman–Crippen LogP) is 4.90. The Morgan fingerprint density at radius 3 is 2.12 bits per heavy atom. The molecular formula is C25H28F2N4O3. The predicted molar refractivity (Wildman–Crippen MR) is 125 cm³/mol. The van der Waals surface area contributed by atoms with Crippen molar-refractivity contribution in [2.45, 2.75) is 25.4 Å². The maximum absolute atomic E-state index is 14.5. The zero-order chi connectivity index (χ0) is 24.1. The highest BCUT2D eigenvalue weighted by atomic mass is 19.1. The van der Waals surface area contributed by atoms with Gasteiger partial charge in [0.25, 0.3) is 0 Å². The quantitative estimate of drug-likeness (QED) is 0.502. The summed E-state index contributed by atoms with van der Waals surface area (Å²) in [7, 11) is 4.75. The van der Waals surface area contributed by atoms with E-state index in [1.807, 2.05) is 12.1 Å². The molecule has 1 saturated heterocycles. The van der Waals surface area contributed by atoms with Crippen LogP contribution in [0.15, 0.2) is 42.7 Å². The van der Waals surface area contributed by atoms with Gasteiger partial charge < -0.3 is 24.4 Å². The van der Waals surface area contributed by atoms with Crippen LogP contribution in [0.4, 0.5) is 20.4 Å². The molecule has 0 atom stereocenters. The van der Waals surface area contributed by atoms with E-state index in [1.54, 1.807) is 0 Å². The summed E-state index contributed by atoms with van der Waals surface area (Å²) in [6, 6.07) is 9.47. The van der Waals surface area contributed by atoms with E-state index < -0.39 is 11.6 Å². The van der Waals surface area contributed by atoms with Gasteiger partial charge in [-0.15, -0.1) is 0 Å². The number of halogens is 2. The summed E-state index contributed by atoms with van der Waals surface area (Å²) in [6.07, 6.45) is 5.22. The fourth-order valence-electron chi connectivity index (χ4n) is 3.98. The van der Waals surface area contributed by atoms with Gasteiger partial charge in [-0.1, -0.05) is 12.1 Å². The molecule has 1 fully saturated rings. The van der Waals surface area contributed by atoms with E-state index >= 15 is 0 Å². The molecule has 0 aliphatic carbocycles. The van der Waals surface area contributed by atoms with Gasteiger partial charge in [-0.3, -0.25) is 0 Å². The number of hydrogen-bond donors (Lipinski definition) is 1. The lowest BCUT2D eigenvalue weighted by Gasteiger charge is -2.29. The van der Waals surface area contributed by atoms with Crippen molar-refractivity contribution in [1.82, 2.24) is 14.9 Å².